The van der Waals surface area contributed by atoms with Crippen LogP contribution in [0.3, 0.4) is 0 Å². The molecule has 2 bridgehead atoms. The van der Waals surface area contributed by atoms with Crippen molar-refractivity contribution in [3.05, 3.63) is 34.3 Å². The second kappa shape index (κ2) is 9.18. The van der Waals surface area contributed by atoms with E-state index in [0.717, 1.165) is 73.8 Å². The summed E-state index contributed by atoms with van der Waals surface area (Å²) in [5.41, 5.74) is 7.04. The van der Waals surface area contributed by atoms with Crippen molar-refractivity contribution < 1.29 is 4.79 Å². The predicted molar refractivity (Wildman–Crippen MR) is 143 cm³/mol. The number of carbonyl (C=O) groups excluding carboxylic acids is 1. The molecule has 0 atom stereocenters. The first kappa shape index (κ1) is 24.7. The summed E-state index contributed by atoms with van der Waals surface area (Å²) < 4.78 is 2.31. The number of hydrogen-bond donors (Lipinski definition) is 3. The minimum absolute atomic E-state index is 0.109. The largest absolute Gasteiger partial charge is 0.373 e. The molecule has 2 aromatic rings. The van der Waals surface area contributed by atoms with Crippen LogP contribution in [0.5, 0.6) is 0 Å². The summed E-state index contributed by atoms with van der Waals surface area (Å²) in [7, 11) is 5.50. The van der Waals surface area contributed by atoms with Crippen LogP contribution in [0.25, 0.3) is 0 Å². The van der Waals surface area contributed by atoms with Crippen molar-refractivity contribution in [1.82, 2.24) is 25.0 Å². The van der Waals surface area contributed by atoms with E-state index in [0.29, 0.717) is 6.54 Å². The van der Waals surface area contributed by atoms with Gasteiger partial charge in [0.25, 0.3) is 0 Å². The minimum atomic E-state index is 0.109. The molecule has 0 saturated heterocycles. The molecule has 2 aliphatic carbocycles. The molecule has 0 spiro atoms. The van der Waals surface area contributed by atoms with Gasteiger partial charge in [0.2, 0.25) is 5.91 Å². The van der Waals surface area contributed by atoms with Crippen LogP contribution < -0.4 is 15.5 Å². The molecule has 0 radical (unpaired) electrons. The molecule has 36 heavy (non-hydrogen) atoms. The zero-order valence-corrected chi connectivity index (χ0v) is 22.4. The highest BCUT2D eigenvalue weighted by atomic mass is 16.2. The van der Waals surface area contributed by atoms with Crippen molar-refractivity contribution in [2.45, 2.75) is 71.0 Å². The van der Waals surface area contributed by atoms with Gasteiger partial charge < -0.3 is 25.8 Å². The van der Waals surface area contributed by atoms with E-state index in [2.05, 4.69) is 38.2 Å². The Hall–Kier alpha value is -2.94. The highest BCUT2D eigenvalue weighted by Crippen LogP contribution is 2.57. The third-order valence-electron chi connectivity index (χ3n) is 8.80. The number of carbonyl (C=O) groups is 1. The maximum Gasteiger partial charge on any atom is 0.236 e. The molecule has 2 fully saturated rings. The Morgan fingerprint density at radius 3 is 2.67 bits per heavy atom. The quantitative estimate of drug-likeness (QED) is 0.490. The van der Waals surface area contributed by atoms with Gasteiger partial charge in [0.05, 0.1) is 23.5 Å². The van der Waals surface area contributed by atoms with E-state index in [1.807, 2.05) is 28.1 Å². The van der Waals surface area contributed by atoms with Crippen LogP contribution in [0.1, 0.15) is 60.3 Å². The molecule has 0 unspecified atom stereocenters. The van der Waals surface area contributed by atoms with Crippen LogP contribution in [0.15, 0.2) is 6.07 Å². The van der Waals surface area contributed by atoms with E-state index in [9.17, 15) is 4.79 Å². The fourth-order valence-electron chi connectivity index (χ4n) is 6.78. The molecule has 194 valence electrons. The molecule has 1 amide bonds. The first-order chi connectivity index (χ1) is 17.2. The lowest BCUT2D eigenvalue weighted by molar-refractivity contribution is -0.128. The minimum Gasteiger partial charge on any atom is -0.373 e. The van der Waals surface area contributed by atoms with Crippen molar-refractivity contribution in [1.29, 1.82) is 5.41 Å². The Morgan fingerprint density at radius 1 is 1.25 bits per heavy atom. The molecular formula is C27H40N8O. The summed E-state index contributed by atoms with van der Waals surface area (Å²) in [6, 6.07) is 2.09. The van der Waals surface area contributed by atoms with Crippen LogP contribution in [-0.2, 0) is 24.3 Å². The third kappa shape index (κ3) is 4.27. The van der Waals surface area contributed by atoms with Crippen molar-refractivity contribution in [2.75, 3.05) is 44.4 Å². The summed E-state index contributed by atoms with van der Waals surface area (Å²) in [4.78, 5) is 20.8. The summed E-state index contributed by atoms with van der Waals surface area (Å²) in [5, 5.41) is 19.8. The molecule has 5 rings (SSSR count). The average molecular weight is 493 g/mol. The molecule has 1 aliphatic heterocycles. The van der Waals surface area contributed by atoms with E-state index in [-0.39, 0.29) is 16.9 Å². The fourth-order valence-corrected chi connectivity index (χ4v) is 6.78. The standard InChI is InChI=1S/C27H40N8O/c1-18-12-23(20(13-28)25(29-3)31-18)34-11-6-22-21(15-34)19(2)32-35(22)17-26-7-9-27(16-26,10-8-26)30-14-24(36)33(4)5/h12-13,28,30H,6-11,14-17H2,1-5H3,(H,29,31). The van der Waals surface area contributed by atoms with Crippen LogP contribution in [-0.4, -0.2) is 71.6 Å². The molecule has 3 aliphatic rings. The highest BCUT2D eigenvalue weighted by molar-refractivity contribution is 5.92. The molecule has 2 aromatic heterocycles. The Bertz CT molecular complexity index is 1170. The number of rotatable bonds is 8. The maximum absolute atomic E-state index is 12.2. The number of amides is 1. The van der Waals surface area contributed by atoms with Gasteiger partial charge in [0, 0.05) is 75.9 Å². The van der Waals surface area contributed by atoms with Crippen LogP contribution in [0.2, 0.25) is 0 Å². The van der Waals surface area contributed by atoms with Gasteiger partial charge in [-0.05, 0) is 57.4 Å². The summed E-state index contributed by atoms with van der Waals surface area (Å²) in [6.45, 7) is 7.24. The van der Waals surface area contributed by atoms with E-state index in [1.165, 1.54) is 30.3 Å². The Morgan fingerprint density at radius 2 is 2.00 bits per heavy atom. The van der Waals surface area contributed by atoms with Gasteiger partial charge in [-0.2, -0.15) is 5.10 Å². The maximum atomic E-state index is 12.2. The smallest absolute Gasteiger partial charge is 0.236 e. The number of nitrogens with one attached hydrogen (secondary N) is 3. The van der Waals surface area contributed by atoms with Crippen LogP contribution in [0.4, 0.5) is 11.5 Å². The Labute approximate surface area is 214 Å². The van der Waals surface area contributed by atoms with Crippen LogP contribution >= 0.6 is 0 Å². The van der Waals surface area contributed by atoms with Crippen molar-refractivity contribution in [3.8, 4) is 0 Å². The van der Waals surface area contributed by atoms with Crippen LogP contribution in [0, 0.1) is 24.7 Å². The zero-order chi connectivity index (χ0) is 25.7. The van der Waals surface area contributed by atoms with Crippen molar-refractivity contribution in [3.63, 3.8) is 0 Å². The Kier molecular flexibility index (Phi) is 6.31. The van der Waals surface area contributed by atoms with E-state index in [4.69, 9.17) is 10.5 Å². The normalized spacial score (nSPS) is 24.6. The average Bonchev–Trinajstić information content (AvgIpc) is 3.51. The summed E-state index contributed by atoms with van der Waals surface area (Å²) in [6.07, 6.45) is 8.17. The lowest BCUT2D eigenvalue weighted by atomic mass is 9.84. The first-order valence-electron chi connectivity index (χ1n) is 13.1. The van der Waals surface area contributed by atoms with Gasteiger partial charge in [0.15, 0.2) is 0 Å². The SMILES string of the molecule is CNc1nc(C)cc(N2CCc3c(c(C)nn3CC34CCC(NCC(=O)N(C)C)(CC3)C4)C2)c1C=N. The summed E-state index contributed by atoms with van der Waals surface area (Å²) in [5.74, 6) is 0.900. The zero-order valence-electron chi connectivity index (χ0n) is 22.4. The van der Waals surface area contributed by atoms with Gasteiger partial charge in [0.1, 0.15) is 5.82 Å². The van der Waals surface area contributed by atoms with Crippen molar-refractivity contribution >= 4 is 23.6 Å². The molecule has 2 saturated carbocycles. The van der Waals surface area contributed by atoms with Gasteiger partial charge >= 0.3 is 0 Å². The lowest BCUT2D eigenvalue weighted by Gasteiger charge is -2.32. The molecule has 3 N–H and O–H groups in total. The number of aromatic nitrogens is 3. The molecular weight excluding hydrogens is 452 g/mol. The molecule has 9 nitrogen and oxygen atoms in total. The lowest BCUT2D eigenvalue weighted by Crippen LogP contribution is -2.46. The van der Waals surface area contributed by atoms with Gasteiger partial charge in [-0.1, -0.05) is 0 Å². The van der Waals surface area contributed by atoms with E-state index in [1.54, 1.807) is 4.90 Å². The predicted octanol–water partition coefficient (Wildman–Crippen LogP) is 2.88. The second-order valence-corrected chi connectivity index (χ2v) is 11.4. The molecule has 3 heterocycles. The summed E-state index contributed by atoms with van der Waals surface area (Å²) >= 11 is 0. The number of hydrogen-bond acceptors (Lipinski definition) is 7. The second-order valence-electron chi connectivity index (χ2n) is 11.4. The van der Waals surface area contributed by atoms with E-state index < -0.39 is 0 Å². The topological polar surface area (TPSA) is 102 Å². The fraction of sp³-hybridized carbons (Fsp3) is 0.630. The number of likely N-dealkylation sites (N-methyl/N-ethyl adjacent to an activating group) is 1. The third-order valence-corrected chi connectivity index (χ3v) is 8.80. The van der Waals surface area contributed by atoms with Gasteiger partial charge in [-0.25, -0.2) is 4.98 Å². The van der Waals surface area contributed by atoms with Gasteiger partial charge in [-0.3, -0.25) is 9.48 Å². The van der Waals surface area contributed by atoms with Gasteiger partial charge in [-0.15, -0.1) is 0 Å². The molecule has 0 aromatic carbocycles. The first-order valence-corrected chi connectivity index (χ1v) is 13.1. The Balaban J connectivity index is 1.33. The number of anilines is 2. The van der Waals surface area contributed by atoms with E-state index >= 15 is 0 Å². The highest BCUT2D eigenvalue weighted by Gasteiger charge is 2.54. The number of fused-ring (bicyclic) bond motifs is 3. The number of pyridine rings is 1. The number of nitrogens with zero attached hydrogens (tertiary/aromatic N) is 5. The van der Waals surface area contributed by atoms with Crippen molar-refractivity contribution in [2.24, 2.45) is 5.41 Å². The number of aryl methyl sites for hydroxylation is 2. The molecule has 9 heteroatoms. The monoisotopic (exact) mass is 492 g/mol.